The van der Waals surface area contributed by atoms with E-state index in [1.165, 1.54) is 0 Å². The fourth-order valence-electron chi connectivity index (χ4n) is 1.92. The summed E-state index contributed by atoms with van der Waals surface area (Å²) in [7, 11) is 0. The normalized spacial score (nSPS) is 25.4. The van der Waals surface area contributed by atoms with E-state index in [1.54, 1.807) is 6.92 Å². The third kappa shape index (κ3) is 2.33. The van der Waals surface area contributed by atoms with E-state index < -0.39 is 53.1 Å². The lowest BCUT2D eigenvalue weighted by Gasteiger charge is -2.40. The lowest BCUT2D eigenvalue weighted by Crippen LogP contribution is -2.55. The molecule has 0 spiro atoms. The van der Waals surface area contributed by atoms with Gasteiger partial charge in [-0.3, -0.25) is 0 Å². The highest BCUT2D eigenvalue weighted by Crippen LogP contribution is 2.34. The molecule has 0 radical (unpaired) electrons. The van der Waals surface area contributed by atoms with Gasteiger partial charge in [0.1, 0.15) is 12.2 Å². The average molecular weight is 298 g/mol. The summed E-state index contributed by atoms with van der Waals surface area (Å²) < 4.78 is 75.4. The first-order valence-electron chi connectivity index (χ1n) is 5.86. The minimum Gasteiger partial charge on any atom is -0.481 e. The van der Waals surface area contributed by atoms with Crippen molar-refractivity contribution in [3.63, 3.8) is 0 Å². The topological polar surface area (TPSA) is 38.7 Å². The van der Waals surface area contributed by atoms with E-state index in [0.29, 0.717) is 0 Å². The van der Waals surface area contributed by atoms with E-state index >= 15 is 0 Å². The van der Waals surface area contributed by atoms with Crippen LogP contribution in [0.3, 0.4) is 0 Å². The zero-order chi connectivity index (χ0) is 15.0. The minimum absolute atomic E-state index is 0.0236. The number of aliphatic hydroxyl groups is 1. The molecule has 112 valence electrons. The Hall–Kier alpha value is -1.41. The lowest BCUT2D eigenvalue weighted by molar-refractivity contribution is -0.161. The van der Waals surface area contributed by atoms with E-state index in [0.717, 1.165) is 0 Å². The second-order valence-electron chi connectivity index (χ2n) is 4.28. The molecule has 1 aliphatic carbocycles. The standard InChI is InChI=1S/C12H11F5O3/c1-2-19-11-4(18)3-5(11)20-12-9(16)7(14)6(13)8(15)10(12)17/h4-5,11,18H,2-3H2,1H3. The maximum atomic E-state index is 13.4. The average Bonchev–Trinajstić information content (AvgIpc) is 2.43. The summed E-state index contributed by atoms with van der Waals surface area (Å²) >= 11 is 0. The molecular formula is C12H11F5O3. The Bertz CT molecular complexity index is 493. The van der Waals surface area contributed by atoms with Crippen LogP contribution in [0.1, 0.15) is 13.3 Å². The van der Waals surface area contributed by atoms with E-state index in [1.807, 2.05) is 0 Å². The molecule has 1 aromatic carbocycles. The number of rotatable bonds is 4. The molecule has 3 unspecified atom stereocenters. The number of hydrogen-bond donors (Lipinski definition) is 1. The Morgan fingerprint density at radius 3 is 1.95 bits per heavy atom. The Morgan fingerprint density at radius 2 is 1.50 bits per heavy atom. The van der Waals surface area contributed by atoms with Crippen LogP contribution in [0.25, 0.3) is 0 Å². The molecule has 0 amide bonds. The van der Waals surface area contributed by atoms with Crippen molar-refractivity contribution in [2.45, 2.75) is 31.7 Å². The smallest absolute Gasteiger partial charge is 0.207 e. The number of benzene rings is 1. The Labute approximate surface area is 110 Å². The maximum absolute atomic E-state index is 13.4. The van der Waals surface area contributed by atoms with Gasteiger partial charge >= 0.3 is 0 Å². The highest BCUT2D eigenvalue weighted by molar-refractivity contribution is 5.30. The molecule has 2 rings (SSSR count). The highest BCUT2D eigenvalue weighted by atomic mass is 19.2. The van der Waals surface area contributed by atoms with Crippen molar-refractivity contribution in [1.29, 1.82) is 0 Å². The number of halogens is 5. The number of aliphatic hydroxyl groups excluding tert-OH is 1. The molecule has 0 heterocycles. The largest absolute Gasteiger partial charge is 0.481 e. The zero-order valence-electron chi connectivity index (χ0n) is 10.3. The molecule has 0 saturated heterocycles. The van der Waals surface area contributed by atoms with Gasteiger partial charge < -0.3 is 14.6 Å². The predicted molar refractivity (Wildman–Crippen MR) is 56.7 cm³/mol. The summed E-state index contributed by atoms with van der Waals surface area (Å²) in [6.45, 7) is 1.83. The third-order valence-corrected chi connectivity index (χ3v) is 3.02. The van der Waals surface area contributed by atoms with Gasteiger partial charge in [0.2, 0.25) is 29.1 Å². The second kappa shape index (κ2) is 5.53. The summed E-state index contributed by atoms with van der Waals surface area (Å²) in [5, 5.41) is 9.38. The number of ether oxygens (including phenoxy) is 2. The molecule has 1 saturated carbocycles. The molecule has 1 aliphatic rings. The van der Waals surface area contributed by atoms with E-state index in [4.69, 9.17) is 9.47 Å². The first-order chi connectivity index (χ1) is 9.38. The third-order valence-electron chi connectivity index (χ3n) is 3.02. The first-order valence-corrected chi connectivity index (χ1v) is 5.86. The van der Waals surface area contributed by atoms with Crippen LogP contribution in [0, 0.1) is 29.1 Å². The van der Waals surface area contributed by atoms with E-state index in [9.17, 15) is 27.1 Å². The van der Waals surface area contributed by atoms with Gasteiger partial charge in [0.05, 0.1) is 6.10 Å². The molecule has 3 nitrogen and oxygen atoms in total. The van der Waals surface area contributed by atoms with Crippen molar-refractivity contribution in [2.75, 3.05) is 6.61 Å². The van der Waals surface area contributed by atoms with Crippen LogP contribution in [0.4, 0.5) is 22.0 Å². The SMILES string of the molecule is CCOC1C(O)CC1Oc1c(F)c(F)c(F)c(F)c1F. The van der Waals surface area contributed by atoms with Crippen molar-refractivity contribution in [3.8, 4) is 5.75 Å². The Balaban J connectivity index is 2.26. The molecule has 0 bridgehead atoms. The first kappa shape index (κ1) is 15.0. The molecule has 20 heavy (non-hydrogen) atoms. The lowest BCUT2D eigenvalue weighted by atomic mass is 9.88. The van der Waals surface area contributed by atoms with Crippen LogP contribution in [-0.2, 0) is 4.74 Å². The molecule has 0 aromatic heterocycles. The zero-order valence-corrected chi connectivity index (χ0v) is 10.3. The number of hydrogen-bond acceptors (Lipinski definition) is 3. The van der Waals surface area contributed by atoms with E-state index in [2.05, 4.69) is 0 Å². The molecule has 0 aliphatic heterocycles. The van der Waals surface area contributed by atoms with Crippen molar-refractivity contribution >= 4 is 0 Å². The highest BCUT2D eigenvalue weighted by Gasteiger charge is 2.44. The predicted octanol–water partition coefficient (Wildman–Crippen LogP) is 2.30. The van der Waals surface area contributed by atoms with E-state index in [-0.39, 0.29) is 13.0 Å². The van der Waals surface area contributed by atoms with Crippen LogP contribution in [0.2, 0.25) is 0 Å². The summed E-state index contributed by atoms with van der Waals surface area (Å²) in [5.74, 6) is -11.8. The van der Waals surface area contributed by atoms with Crippen LogP contribution >= 0.6 is 0 Å². The maximum Gasteiger partial charge on any atom is 0.207 e. The molecule has 3 atom stereocenters. The van der Waals surface area contributed by atoms with Gasteiger partial charge in [-0.15, -0.1) is 0 Å². The molecule has 1 N–H and O–H groups in total. The monoisotopic (exact) mass is 298 g/mol. The molecular weight excluding hydrogens is 287 g/mol. The van der Waals surface area contributed by atoms with Gasteiger partial charge in [-0.25, -0.2) is 13.2 Å². The fourth-order valence-corrected chi connectivity index (χ4v) is 1.92. The van der Waals surface area contributed by atoms with Gasteiger partial charge in [0, 0.05) is 13.0 Å². The van der Waals surface area contributed by atoms with Crippen LogP contribution in [0.15, 0.2) is 0 Å². The van der Waals surface area contributed by atoms with Gasteiger partial charge in [0.25, 0.3) is 0 Å². The van der Waals surface area contributed by atoms with Crippen LogP contribution in [0.5, 0.6) is 5.75 Å². The summed E-state index contributed by atoms with van der Waals surface area (Å²) in [6, 6.07) is 0. The van der Waals surface area contributed by atoms with Crippen molar-refractivity contribution in [1.82, 2.24) is 0 Å². The van der Waals surface area contributed by atoms with Gasteiger partial charge in [-0.1, -0.05) is 0 Å². The molecule has 1 fully saturated rings. The van der Waals surface area contributed by atoms with Gasteiger partial charge in [0.15, 0.2) is 5.75 Å². The summed E-state index contributed by atoms with van der Waals surface area (Å²) in [4.78, 5) is 0. The van der Waals surface area contributed by atoms with Gasteiger partial charge in [-0.2, -0.15) is 8.78 Å². The van der Waals surface area contributed by atoms with Crippen molar-refractivity contribution in [2.24, 2.45) is 0 Å². The van der Waals surface area contributed by atoms with Crippen LogP contribution < -0.4 is 4.74 Å². The minimum atomic E-state index is -2.25. The fraction of sp³-hybridized carbons (Fsp3) is 0.500. The Kier molecular flexibility index (Phi) is 4.14. The molecule has 1 aromatic rings. The Morgan fingerprint density at radius 1 is 1.00 bits per heavy atom. The summed E-state index contributed by atoms with van der Waals surface area (Å²) in [5.41, 5.74) is 0. The van der Waals surface area contributed by atoms with Crippen molar-refractivity contribution < 1.29 is 36.5 Å². The molecule has 8 heteroatoms. The summed E-state index contributed by atoms with van der Waals surface area (Å²) in [6.07, 6.45) is -2.76. The van der Waals surface area contributed by atoms with Gasteiger partial charge in [-0.05, 0) is 6.92 Å². The quantitative estimate of drug-likeness (QED) is 0.526. The van der Waals surface area contributed by atoms with Crippen molar-refractivity contribution in [3.05, 3.63) is 29.1 Å². The van der Waals surface area contributed by atoms with Crippen LogP contribution in [-0.4, -0.2) is 30.0 Å². The second-order valence-corrected chi connectivity index (χ2v) is 4.28.